The summed E-state index contributed by atoms with van der Waals surface area (Å²) in [6, 6.07) is 8.72. The minimum atomic E-state index is 0.427. The van der Waals surface area contributed by atoms with E-state index >= 15 is 0 Å². The van der Waals surface area contributed by atoms with Crippen molar-refractivity contribution in [3.8, 4) is 0 Å². The number of hydrogen-bond donors (Lipinski definition) is 0. The molecule has 0 heterocycles. The first kappa shape index (κ1) is 11.6. The molecule has 1 saturated carbocycles. The Morgan fingerprint density at radius 3 is 2.81 bits per heavy atom. The van der Waals surface area contributed by atoms with Gasteiger partial charge in [-0.2, -0.15) is 0 Å². The first-order chi connectivity index (χ1) is 10.3. The van der Waals surface area contributed by atoms with E-state index in [1.54, 1.807) is 0 Å². The van der Waals surface area contributed by atoms with Crippen molar-refractivity contribution >= 4 is 12.2 Å². The maximum atomic E-state index is 2.46. The van der Waals surface area contributed by atoms with Crippen LogP contribution in [0, 0.1) is 17.3 Å². The van der Waals surface area contributed by atoms with Crippen molar-refractivity contribution in [1.29, 1.82) is 0 Å². The van der Waals surface area contributed by atoms with Gasteiger partial charge in [0.2, 0.25) is 0 Å². The lowest BCUT2D eigenvalue weighted by molar-refractivity contribution is 0.524. The van der Waals surface area contributed by atoms with Gasteiger partial charge in [-0.25, -0.2) is 0 Å². The van der Waals surface area contributed by atoms with E-state index in [2.05, 4.69) is 72.9 Å². The van der Waals surface area contributed by atoms with Crippen molar-refractivity contribution in [3.05, 3.63) is 83.0 Å². The van der Waals surface area contributed by atoms with E-state index in [-0.39, 0.29) is 0 Å². The van der Waals surface area contributed by atoms with Gasteiger partial charge >= 0.3 is 0 Å². The Morgan fingerprint density at radius 2 is 1.86 bits per heavy atom. The van der Waals surface area contributed by atoms with Gasteiger partial charge in [0.15, 0.2) is 0 Å². The van der Waals surface area contributed by atoms with Gasteiger partial charge in [0.05, 0.1) is 0 Å². The summed E-state index contributed by atoms with van der Waals surface area (Å²) in [5.74, 6) is 1.35. The predicted molar refractivity (Wildman–Crippen MR) is 88.5 cm³/mol. The topological polar surface area (TPSA) is 0 Å². The molecule has 4 aliphatic carbocycles. The Balaban J connectivity index is 1.71. The van der Waals surface area contributed by atoms with Crippen molar-refractivity contribution in [2.24, 2.45) is 17.3 Å². The number of hydrogen-bond acceptors (Lipinski definition) is 0. The highest BCUT2D eigenvalue weighted by molar-refractivity contribution is 5.72. The number of fused-ring (bicyclic) bond motifs is 4. The molecule has 0 nitrogen and oxygen atoms in total. The molecule has 0 aliphatic heterocycles. The Kier molecular flexibility index (Phi) is 2.19. The van der Waals surface area contributed by atoms with Gasteiger partial charge in [-0.05, 0) is 46.4 Å². The zero-order chi connectivity index (χ0) is 13.9. The van der Waals surface area contributed by atoms with E-state index in [0.717, 1.165) is 5.92 Å². The van der Waals surface area contributed by atoms with Gasteiger partial charge in [-0.15, -0.1) is 0 Å². The Labute approximate surface area is 125 Å². The molecule has 0 N–H and O–H groups in total. The van der Waals surface area contributed by atoms with E-state index in [1.165, 1.54) is 35.1 Å². The fourth-order valence-electron chi connectivity index (χ4n) is 4.36. The lowest BCUT2D eigenvalue weighted by atomic mass is 9.89. The second kappa shape index (κ2) is 3.98. The molecular weight excluding hydrogens is 252 g/mol. The van der Waals surface area contributed by atoms with Gasteiger partial charge in [0.25, 0.3) is 0 Å². The van der Waals surface area contributed by atoms with Crippen LogP contribution in [0.15, 0.2) is 71.9 Å². The molecular formula is C21H18. The molecule has 0 aromatic heterocycles. The highest BCUT2D eigenvalue weighted by Gasteiger charge is 2.56. The van der Waals surface area contributed by atoms with Gasteiger partial charge in [-0.3, -0.25) is 0 Å². The number of allylic oxidation sites excluding steroid dienone is 8. The summed E-state index contributed by atoms with van der Waals surface area (Å²) < 4.78 is 0. The number of benzene rings is 1. The van der Waals surface area contributed by atoms with Crippen LogP contribution < -0.4 is 0 Å². The fourth-order valence-corrected chi connectivity index (χ4v) is 4.36. The molecule has 0 radical (unpaired) electrons. The van der Waals surface area contributed by atoms with E-state index in [0.29, 0.717) is 11.3 Å². The molecule has 1 aromatic carbocycles. The van der Waals surface area contributed by atoms with Gasteiger partial charge in [-0.1, -0.05) is 72.9 Å². The summed E-state index contributed by atoms with van der Waals surface area (Å²) in [6.07, 6.45) is 21.4. The highest BCUT2D eigenvalue weighted by atomic mass is 14.6. The molecule has 2 bridgehead atoms. The quantitative estimate of drug-likeness (QED) is 0.609. The van der Waals surface area contributed by atoms with Crippen LogP contribution in [0.1, 0.15) is 24.0 Å². The fraction of sp³-hybridized carbons (Fsp3) is 0.238. The van der Waals surface area contributed by atoms with Crippen LogP contribution in [0.4, 0.5) is 0 Å². The van der Waals surface area contributed by atoms with Crippen LogP contribution in [-0.2, 0) is 0 Å². The third-order valence-electron chi connectivity index (χ3n) is 5.53. The van der Waals surface area contributed by atoms with Gasteiger partial charge in [0.1, 0.15) is 0 Å². The molecule has 0 unspecified atom stereocenters. The van der Waals surface area contributed by atoms with Crippen molar-refractivity contribution in [3.63, 3.8) is 0 Å². The molecule has 21 heavy (non-hydrogen) atoms. The third-order valence-corrected chi connectivity index (χ3v) is 5.53. The normalized spacial score (nSPS) is 34.5. The first-order valence-electron chi connectivity index (χ1n) is 7.89. The molecule has 0 amide bonds. The summed E-state index contributed by atoms with van der Waals surface area (Å²) in [7, 11) is 0. The first-order valence-corrected chi connectivity index (χ1v) is 7.89. The number of rotatable bonds is 0. The lowest BCUT2D eigenvalue weighted by Gasteiger charge is -2.14. The summed E-state index contributed by atoms with van der Waals surface area (Å²) in [6.45, 7) is 0. The van der Waals surface area contributed by atoms with Crippen LogP contribution in [-0.4, -0.2) is 0 Å². The second-order valence-electron chi connectivity index (χ2n) is 6.82. The molecule has 4 aliphatic rings. The summed E-state index contributed by atoms with van der Waals surface area (Å²) in [5, 5.41) is 0. The molecule has 1 spiro atoms. The summed E-state index contributed by atoms with van der Waals surface area (Å²) in [4.78, 5) is 0. The van der Waals surface area contributed by atoms with E-state index < -0.39 is 0 Å². The largest absolute Gasteiger partial charge is 0.0777 e. The van der Waals surface area contributed by atoms with E-state index in [1.807, 2.05) is 0 Å². The predicted octanol–water partition coefficient (Wildman–Crippen LogP) is 5.18. The minimum Gasteiger partial charge on any atom is -0.0777 e. The minimum absolute atomic E-state index is 0.427. The van der Waals surface area contributed by atoms with E-state index in [9.17, 15) is 0 Å². The molecule has 3 atom stereocenters. The lowest BCUT2D eigenvalue weighted by Crippen LogP contribution is -2.06. The summed E-state index contributed by atoms with van der Waals surface area (Å²) in [5.41, 5.74) is 6.11. The zero-order valence-electron chi connectivity index (χ0n) is 12.0. The summed E-state index contributed by atoms with van der Waals surface area (Å²) >= 11 is 0. The molecule has 102 valence electrons. The molecule has 0 heteroatoms. The van der Waals surface area contributed by atoms with Crippen molar-refractivity contribution < 1.29 is 0 Å². The van der Waals surface area contributed by atoms with Crippen LogP contribution >= 0.6 is 0 Å². The van der Waals surface area contributed by atoms with Crippen LogP contribution in [0.5, 0.6) is 0 Å². The average Bonchev–Trinajstić information content (AvgIpc) is 3.24. The molecule has 5 rings (SSSR count). The van der Waals surface area contributed by atoms with Crippen molar-refractivity contribution in [2.75, 3.05) is 0 Å². The molecule has 1 fully saturated rings. The van der Waals surface area contributed by atoms with Crippen molar-refractivity contribution in [2.45, 2.75) is 12.8 Å². The van der Waals surface area contributed by atoms with E-state index in [4.69, 9.17) is 0 Å². The average molecular weight is 270 g/mol. The van der Waals surface area contributed by atoms with Crippen LogP contribution in [0.2, 0.25) is 0 Å². The van der Waals surface area contributed by atoms with Crippen molar-refractivity contribution in [1.82, 2.24) is 0 Å². The standard InChI is InChI=1S/C21H18/c1-2-7-17-12-18-11-15-5-3-4-10-21(13-15)14-20(21)19(18)9-8-16(17)6-1/h1-12,19-20H,13-14H2/t19-,20-,21-/m0/s1. The Hall–Kier alpha value is -2.08. The van der Waals surface area contributed by atoms with Crippen LogP contribution in [0.3, 0.4) is 0 Å². The second-order valence-corrected chi connectivity index (χ2v) is 6.82. The third kappa shape index (κ3) is 1.68. The molecule has 0 saturated heterocycles. The van der Waals surface area contributed by atoms with Gasteiger partial charge < -0.3 is 0 Å². The highest BCUT2D eigenvalue weighted by Crippen LogP contribution is 2.65. The molecule has 1 aromatic rings. The Bertz CT molecular complexity index is 769. The van der Waals surface area contributed by atoms with Gasteiger partial charge in [0, 0.05) is 5.92 Å². The maximum Gasteiger partial charge on any atom is 0.00586 e. The monoisotopic (exact) mass is 270 g/mol. The maximum absolute atomic E-state index is 2.46. The SMILES string of the molecule is C1=CC2=CC3=Cc4ccccc4C=C[C@@H]3[C@@H]3C[C@]3(C=C1)C2. The zero-order valence-corrected chi connectivity index (χ0v) is 12.0. The Morgan fingerprint density at radius 1 is 0.952 bits per heavy atom. The van der Waals surface area contributed by atoms with Crippen LogP contribution in [0.25, 0.3) is 12.2 Å². The smallest absolute Gasteiger partial charge is 0.00586 e.